The molecule has 0 saturated carbocycles. The zero-order valence-corrected chi connectivity index (χ0v) is 12.0. The summed E-state index contributed by atoms with van der Waals surface area (Å²) in [6.07, 6.45) is 0.523. The Morgan fingerprint density at radius 2 is 2.15 bits per heavy atom. The Balaban J connectivity index is 2.12. The highest BCUT2D eigenvalue weighted by Gasteiger charge is 2.37. The Kier molecular flexibility index (Phi) is 4.99. The van der Waals surface area contributed by atoms with E-state index in [2.05, 4.69) is 0 Å². The molecule has 2 rings (SSSR count). The van der Waals surface area contributed by atoms with Crippen LogP contribution >= 0.6 is 11.6 Å². The molecule has 1 amide bonds. The summed E-state index contributed by atoms with van der Waals surface area (Å²) < 4.78 is 5.76. The van der Waals surface area contributed by atoms with Crippen LogP contribution in [0, 0.1) is 0 Å². The Labute approximate surface area is 123 Å². The fraction of sp³-hybridized carbons (Fsp3) is 0.500. The van der Waals surface area contributed by atoms with E-state index >= 15 is 0 Å². The Morgan fingerprint density at radius 1 is 1.45 bits per heavy atom. The standard InChI is InChI=1S/C14H19ClN2O3/c15-12-3-1-11(2-4-12)7-14(10-18)9-17(5-6-20-14)13(19)8-16/h1-4,18H,5-10,16H2/t14-/m1/s1. The summed E-state index contributed by atoms with van der Waals surface area (Å²) in [6, 6.07) is 7.39. The van der Waals surface area contributed by atoms with Crippen LogP contribution in [0.3, 0.4) is 0 Å². The number of halogens is 1. The van der Waals surface area contributed by atoms with Crippen molar-refractivity contribution in [1.29, 1.82) is 0 Å². The lowest BCUT2D eigenvalue weighted by atomic mass is 9.93. The number of nitrogens with two attached hydrogens (primary N) is 1. The van der Waals surface area contributed by atoms with Crippen LogP contribution in [0.4, 0.5) is 0 Å². The van der Waals surface area contributed by atoms with Crippen LogP contribution in [0.25, 0.3) is 0 Å². The smallest absolute Gasteiger partial charge is 0.236 e. The summed E-state index contributed by atoms with van der Waals surface area (Å²) in [5.74, 6) is -0.123. The molecular formula is C14H19ClN2O3. The SMILES string of the molecule is NCC(=O)N1CCO[C@](CO)(Cc2ccc(Cl)cc2)C1. The number of benzene rings is 1. The molecular weight excluding hydrogens is 280 g/mol. The summed E-state index contributed by atoms with van der Waals surface area (Å²) in [5.41, 5.74) is 5.63. The van der Waals surface area contributed by atoms with Gasteiger partial charge in [-0.25, -0.2) is 0 Å². The number of hydrogen-bond donors (Lipinski definition) is 2. The van der Waals surface area contributed by atoms with Crippen molar-refractivity contribution in [2.24, 2.45) is 5.73 Å². The highest BCUT2D eigenvalue weighted by molar-refractivity contribution is 6.30. The minimum Gasteiger partial charge on any atom is -0.393 e. The average Bonchev–Trinajstić information content (AvgIpc) is 2.49. The molecule has 0 bridgehead atoms. The van der Waals surface area contributed by atoms with E-state index in [1.165, 1.54) is 0 Å². The first-order valence-electron chi connectivity index (χ1n) is 6.56. The molecule has 1 aromatic rings. The van der Waals surface area contributed by atoms with E-state index in [1.807, 2.05) is 12.1 Å². The molecule has 1 heterocycles. The van der Waals surface area contributed by atoms with Crippen LogP contribution < -0.4 is 5.73 Å². The maximum absolute atomic E-state index is 11.7. The summed E-state index contributed by atoms with van der Waals surface area (Å²) in [4.78, 5) is 13.4. The molecule has 0 spiro atoms. The van der Waals surface area contributed by atoms with E-state index < -0.39 is 5.60 Å². The van der Waals surface area contributed by atoms with E-state index in [0.29, 0.717) is 31.1 Å². The van der Waals surface area contributed by atoms with E-state index in [4.69, 9.17) is 22.1 Å². The molecule has 0 radical (unpaired) electrons. The molecule has 1 aliphatic heterocycles. The van der Waals surface area contributed by atoms with Gasteiger partial charge >= 0.3 is 0 Å². The number of rotatable bonds is 4. The third-order valence-electron chi connectivity index (χ3n) is 3.50. The second-order valence-electron chi connectivity index (χ2n) is 5.01. The van der Waals surface area contributed by atoms with Crippen molar-refractivity contribution in [1.82, 2.24) is 4.90 Å². The highest BCUT2D eigenvalue weighted by Crippen LogP contribution is 2.24. The molecule has 0 unspecified atom stereocenters. The van der Waals surface area contributed by atoms with Gasteiger partial charge in [0.2, 0.25) is 5.91 Å². The van der Waals surface area contributed by atoms with Crippen molar-refractivity contribution in [2.75, 3.05) is 32.8 Å². The second-order valence-corrected chi connectivity index (χ2v) is 5.45. The van der Waals surface area contributed by atoms with Crippen molar-refractivity contribution >= 4 is 17.5 Å². The van der Waals surface area contributed by atoms with Gasteiger partial charge in [-0.2, -0.15) is 0 Å². The molecule has 3 N–H and O–H groups in total. The third-order valence-corrected chi connectivity index (χ3v) is 3.76. The van der Waals surface area contributed by atoms with Gasteiger partial charge in [-0.1, -0.05) is 23.7 Å². The van der Waals surface area contributed by atoms with Gasteiger partial charge in [0.15, 0.2) is 0 Å². The fourth-order valence-corrected chi connectivity index (χ4v) is 2.55. The van der Waals surface area contributed by atoms with Crippen molar-refractivity contribution in [3.8, 4) is 0 Å². The average molecular weight is 299 g/mol. The lowest BCUT2D eigenvalue weighted by molar-refractivity contribution is -0.156. The summed E-state index contributed by atoms with van der Waals surface area (Å²) in [7, 11) is 0. The van der Waals surface area contributed by atoms with Crippen molar-refractivity contribution in [3.05, 3.63) is 34.9 Å². The minimum atomic E-state index is -0.767. The molecule has 0 aliphatic carbocycles. The molecule has 110 valence electrons. The zero-order chi connectivity index (χ0) is 14.6. The van der Waals surface area contributed by atoms with Gasteiger partial charge in [-0.15, -0.1) is 0 Å². The summed E-state index contributed by atoms with van der Waals surface area (Å²) in [6.45, 7) is 1.09. The topological polar surface area (TPSA) is 75.8 Å². The number of morpholine rings is 1. The van der Waals surface area contributed by atoms with Gasteiger partial charge in [0, 0.05) is 18.0 Å². The molecule has 1 atom stereocenters. The zero-order valence-electron chi connectivity index (χ0n) is 11.2. The highest BCUT2D eigenvalue weighted by atomic mass is 35.5. The lowest BCUT2D eigenvalue weighted by Gasteiger charge is -2.41. The summed E-state index contributed by atoms with van der Waals surface area (Å²) in [5, 5.41) is 10.4. The Hall–Kier alpha value is -1.14. The maximum atomic E-state index is 11.7. The van der Waals surface area contributed by atoms with E-state index in [1.54, 1.807) is 17.0 Å². The molecule has 6 heteroatoms. The molecule has 20 heavy (non-hydrogen) atoms. The van der Waals surface area contributed by atoms with Gasteiger partial charge in [-0.05, 0) is 17.7 Å². The first-order valence-corrected chi connectivity index (χ1v) is 6.93. The van der Waals surface area contributed by atoms with Gasteiger partial charge in [0.25, 0.3) is 0 Å². The van der Waals surface area contributed by atoms with Gasteiger partial charge in [-0.3, -0.25) is 4.79 Å². The quantitative estimate of drug-likeness (QED) is 0.845. The van der Waals surface area contributed by atoms with Gasteiger partial charge in [0.1, 0.15) is 5.60 Å². The normalized spacial score (nSPS) is 22.9. The van der Waals surface area contributed by atoms with Crippen molar-refractivity contribution in [2.45, 2.75) is 12.0 Å². The van der Waals surface area contributed by atoms with Crippen molar-refractivity contribution < 1.29 is 14.6 Å². The van der Waals surface area contributed by atoms with Gasteiger partial charge < -0.3 is 20.5 Å². The number of nitrogens with zero attached hydrogens (tertiary/aromatic N) is 1. The lowest BCUT2D eigenvalue weighted by Crippen LogP contribution is -2.57. The summed E-state index contributed by atoms with van der Waals surface area (Å²) >= 11 is 5.86. The number of carbonyl (C=O) groups excluding carboxylic acids is 1. The fourth-order valence-electron chi connectivity index (χ4n) is 2.42. The predicted molar refractivity (Wildman–Crippen MR) is 76.6 cm³/mol. The number of aliphatic hydroxyl groups excluding tert-OH is 1. The largest absolute Gasteiger partial charge is 0.393 e. The number of hydrogen-bond acceptors (Lipinski definition) is 4. The molecule has 1 saturated heterocycles. The number of ether oxygens (including phenoxy) is 1. The van der Waals surface area contributed by atoms with Crippen LogP contribution in [-0.2, 0) is 16.0 Å². The monoisotopic (exact) mass is 298 g/mol. The molecule has 0 aromatic heterocycles. The molecule has 1 aromatic carbocycles. The van der Waals surface area contributed by atoms with E-state index in [0.717, 1.165) is 5.56 Å². The van der Waals surface area contributed by atoms with Crippen molar-refractivity contribution in [3.63, 3.8) is 0 Å². The maximum Gasteiger partial charge on any atom is 0.236 e. The first-order chi connectivity index (χ1) is 9.58. The number of amides is 1. The van der Waals surface area contributed by atoms with Gasteiger partial charge in [0.05, 0.1) is 26.3 Å². The first kappa shape index (κ1) is 15.3. The van der Waals surface area contributed by atoms with Crippen LogP contribution in [0.15, 0.2) is 24.3 Å². The molecule has 1 fully saturated rings. The molecule has 1 aliphatic rings. The Morgan fingerprint density at radius 3 is 2.75 bits per heavy atom. The van der Waals surface area contributed by atoms with Crippen LogP contribution in [0.5, 0.6) is 0 Å². The van der Waals surface area contributed by atoms with Crippen LogP contribution in [-0.4, -0.2) is 54.4 Å². The second kappa shape index (κ2) is 6.54. The Bertz CT molecular complexity index is 466. The van der Waals surface area contributed by atoms with E-state index in [9.17, 15) is 9.90 Å². The van der Waals surface area contributed by atoms with E-state index in [-0.39, 0.29) is 19.1 Å². The minimum absolute atomic E-state index is 0.0253. The van der Waals surface area contributed by atoms with Crippen LogP contribution in [0.2, 0.25) is 5.02 Å². The predicted octanol–water partition coefficient (Wildman–Crippen LogP) is 0.431. The number of aliphatic hydroxyl groups is 1. The number of carbonyl (C=O) groups is 1. The third kappa shape index (κ3) is 3.49. The molecule has 5 nitrogen and oxygen atoms in total. The van der Waals surface area contributed by atoms with Crippen LogP contribution in [0.1, 0.15) is 5.56 Å².